The molecule has 1 atom stereocenters. The van der Waals surface area contributed by atoms with E-state index in [2.05, 4.69) is 25.6 Å². The summed E-state index contributed by atoms with van der Waals surface area (Å²) in [5.74, 6) is 1.98. The first-order valence-corrected chi connectivity index (χ1v) is 14.1. The van der Waals surface area contributed by atoms with E-state index in [0.29, 0.717) is 36.5 Å². The molecule has 10 nitrogen and oxygen atoms in total. The van der Waals surface area contributed by atoms with Gasteiger partial charge in [0.25, 0.3) is 0 Å². The first kappa shape index (κ1) is 23.8. The van der Waals surface area contributed by atoms with Crippen LogP contribution >= 0.6 is 0 Å². The van der Waals surface area contributed by atoms with Crippen LogP contribution in [0.2, 0.25) is 0 Å². The molecule has 3 N–H and O–H groups in total. The Hall–Kier alpha value is -2.92. The number of H-pyrrole nitrogens is 1. The van der Waals surface area contributed by atoms with E-state index in [9.17, 15) is 8.42 Å². The van der Waals surface area contributed by atoms with Crippen molar-refractivity contribution in [3.63, 3.8) is 0 Å². The lowest BCUT2D eigenvalue weighted by atomic mass is 9.91. The van der Waals surface area contributed by atoms with Crippen LogP contribution in [0.25, 0.3) is 11.2 Å². The summed E-state index contributed by atoms with van der Waals surface area (Å²) in [6, 6.07) is 6.34. The van der Waals surface area contributed by atoms with E-state index in [0.717, 1.165) is 48.3 Å². The molecule has 1 unspecified atom stereocenters. The van der Waals surface area contributed by atoms with Gasteiger partial charge < -0.3 is 20.4 Å². The minimum absolute atomic E-state index is 0.129. The van der Waals surface area contributed by atoms with Crippen molar-refractivity contribution < 1.29 is 13.2 Å². The van der Waals surface area contributed by atoms with E-state index < -0.39 is 10.0 Å². The summed E-state index contributed by atoms with van der Waals surface area (Å²) in [5, 5.41) is 6.88. The maximum absolute atomic E-state index is 12.0. The third-order valence-corrected chi connectivity index (χ3v) is 8.30. The second kappa shape index (κ2) is 9.98. The van der Waals surface area contributed by atoms with Gasteiger partial charge in [-0.05, 0) is 49.3 Å². The van der Waals surface area contributed by atoms with Crippen LogP contribution < -0.4 is 15.4 Å². The van der Waals surface area contributed by atoms with E-state index in [1.807, 2.05) is 18.2 Å². The minimum Gasteiger partial charge on any atom is -0.495 e. The number of aromatic amines is 1. The van der Waals surface area contributed by atoms with Crippen LogP contribution in [0.5, 0.6) is 5.75 Å². The molecular weight excluding hydrogens is 466 g/mol. The molecule has 1 saturated heterocycles. The molecule has 1 aliphatic carbocycles. The van der Waals surface area contributed by atoms with Crippen molar-refractivity contribution in [2.45, 2.75) is 56.9 Å². The summed E-state index contributed by atoms with van der Waals surface area (Å²) < 4.78 is 31.3. The van der Waals surface area contributed by atoms with Crippen LogP contribution in [0.4, 0.5) is 17.5 Å². The molecule has 11 heteroatoms. The average Bonchev–Trinajstić information content (AvgIpc) is 3.33. The number of ether oxygens (including phenoxy) is 1. The zero-order chi connectivity index (χ0) is 24.4. The lowest BCUT2D eigenvalue weighted by Gasteiger charge is -2.31. The van der Waals surface area contributed by atoms with Crippen molar-refractivity contribution in [3.8, 4) is 5.75 Å². The number of imidazole rings is 1. The second-order valence-electron chi connectivity index (χ2n) is 9.52. The van der Waals surface area contributed by atoms with Crippen LogP contribution in [-0.2, 0) is 10.0 Å². The molecule has 35 heavy (non-hydrogen) atoms. The molecular formula is C24H33N7O3S. The fraction of sp³-hybridized carbons (Fsp3) is 0.542. The highest BCUT2D eigenvalue weighted by Gasteiger charge is 2.27. The molecule has 2 aliphatic rings. The summed E-state index contributed by atoms with van der Waals surface area (Å²) in [6.45, 7) is 1.07. The lowest BCUT2D eigenvalue weighted by molar-refractivity contribution is 0.317. The molecule has 0 bridgehead atoms. The van der Waals surface area contributed by atoms with Gasteiger partial charge in [0.05, 0.1) is 25.4 Å². The number of hydrogen-bond acceptors (Lipinski definition) is 8. The topological polar surface area (TPSA) is 125 Å². The molecule has 1 aromatic carbocycles. The largest absolute Gasteiger partial charge is 0.495 e. The van der Waals surface area contributed by atoms with Crippen LogP contribution in [0.15, 0.2) is 24.5 Å². The maximum Gasteiger partial charge on any atom is 0.231 e. The van der Waals surface area contributed by atoms with Crippen LogP contribution in [0.1, 0.15) is 56.4 Å². The molecule has 2 aromatic heterocycles. The van der Waals surface area contributed by atoms with Crippen molar-refractivity contribution in [2.24, 2.45) is 0 Å². The Bertz CT molecular complexity index is 1290. The number of benzene rings is 1. The fourth-order valence-corrected chi connectivity index (χ4v) is 6.05. The predicted molar refractivity (Wildman–Crippen MR) is 137 cm³/mol. The Balaban J connectivity index is 1.38. The second-order valence-corrected chi connectivity index (χ2v) is 11.5. The van der Waals surface area contributed by atoms with Crippen molar-refractivity contribution in [2.75, 3.05) is 37.1 Å². The highest BCUT2D eigenvalue weighted by atomic mass is 32.2. The number of rotatable bonds is 7. The molecule has 0 spiro atoms. The molecule has 5 rings (SSSR count). The van der Waals surface area contributed by atoms with Crippen molar-refractivity contribution in [1.29, 1.82) is 0 Å². The highest BCUT2D eigenvalue weighted by molar-refractivity contribution is 7.88. The number of piperidine rings is 1. The Morgan fingerprint density at radius 1 is 1.11 bits per heavy atom. The standard InChI is InChI=1S/C24H33N7O3S/c1-34-20-13-16(17-7-6-12-31(14-17)35(2,32)33)10-11-19(20)28-24-29-22-21(25-15-26-22)23(30-24)27-18-8-4-3-5-9-18/h10-11,13,15,17-18H,3-9,12,14H2,1-2H3,(H3,25,26,27,28,29,30). The van der Waals surface area contributed by atoms with Crippen molar-refractivity contribution in [1.82, 2.24) is 24.2 Å². The van der Waals surface area contributed by atoms with Gasteiger partial charge in [0.15, 0.2) is 11.5 Å². The summed E-state index contributed by atoms with van der Waals surface area (Å²) in [4.78, 5) is 16.8. The van der Waals surface area contributed by atoms with Gasteiger partial charge in [-0.3, -0.25) is 0 Å². The lowest BCUT2D eigenvalue weighted by Crippen LogP contribution is -2.38. The smallest absolute Gasteiger partial charge is 0.231 e. The third kappa shape index (κ3) is 5.35. The number of methoxy groups -OCH3 is 1. The van der Waals surface area contributed by atoms with Gasteiger partial charge in [-0.15, -0.1) is 0 Å². The molecule has 3 heterocycles. The van der Waals surface area contributed by atoms with Gasteiger partial charge in [-0.2, -0.15) is 9.97 Å². The first-order chi connectivity index (χ1) is 16.9. The highest BCUT2D eigenvalue weighted by Crippen LogP contribution is 2.35. The van der Waals surface area contributed by atoms with Gasteiger partial charge in [0.2, 0.25) is 16.0 Å². The molecule has 1 saturated carbocycles. The van der Waals surface area contributed by atoms with Gasteiger partial charge in [-0.1, -0.05) is 25.3 Å². The van der Waals surface area contributed by atoms with Gasteiger partial charge in [0.1, 0.15) is 11.3 Å². The van der Waals surface area contributed by atoms with Crippen LogP contribution in [0, 0.1) is 0 Å². The molecule has 2 fully saturated rings. The normalized spacial score (nSPS) is 20.1. The monoisotopic (exact) mass is 499 g/mol. The van der Waals surface area contributed by atoms with Crippen molar-refractivity contribution >= 4 is 38.6 Å². The Labute approximate surface area is 206 Å². The van der Waals surface area contributed by atoms with Gasteiger partial charge in [-0.25, -0.2) is 17.7 Å². The average molecular weight is 500 g/mol. The quantitative estimate of drug-likeness (QED) is 0.446. The summed E-state index contributed by atoms with van der Waals surface area (Å²) >= 11 is 0. The van der Waals surface area contributed by atoms with E-state index >= 15 is 0 Å². The number of nitrogens with zero attached hydrogens (tertiary/aromatic N) is 4. The van der Waals surface area contributed by atoms with E-state index in [4.69, 9.17) is 9.72 Å². The number of fused-ring (bicyclic) bond motifs is 1. The zero-order valence-electron chi connectivity index (χ0n) is 20.2. The van der Waals surface area contributed by atoms with E-state index in [1.165, 1.54) is 25.5 Å². The van der Waals surface area contributed by atoms with Gasteiger partial charge >= 0.3 is 0 Å². The Morgan fingerprint density at radius 2 is 1.94 bits per heavy atom. The van der Waals surface area contributed by atoms with E-state index in [1.54, 1.807) is 17.7 Å². The zero-order valence-corrected chi connectivity index (χ0v) is 21.1. The van der Waals surface area contributed by atoms with Crippen LogP contribution in [-0.4, -0.2) is 65.2 Å². The number of sulfonamides is 1. The minimum atomic E-state index is -3.20. The molecule has 188 valence electrons. The number of aromatic nitrogens is 4. The number of hydrogen-bond donors (Lipinski definition) is 3. The van der Waals surface area contributed by atoms with Crippen molar-refractivity contribution in [3.05, 3.63) is 30.1 Å². The summed E-state index contributed by atoms with van der Waals surface area (Å²) in [6.07, 6.45) is 10.7. The Morgan fingerprint density at radius 3 is 2.71 bits per heavy atom. The Kier molecular flexibility index (Phi) is 6.79. The molecule has 0 amide bonds. The molecule has 3 aromatic rings. The summed E-state index contributed by atoms with van der Waals surface area (Å²) in [5.41, 5.74) is 3.20. The SMILES string of the molecule is COc1cc(C2CCCN(S(C)(=O)=O)C2)ccc1Nc1nc(NC2CCCCC2)c2[nH]cnc2n1. The number of nitrogens with one attached hydrogen (secondary N) is 3. The maximum atomic E-state index is 12.0. The third-order valence-electron chi connectivity index (χ3n) is 7.03. The predicted octanol–water partition coefficient (Wildman–Crippen LogP) is 3.99. The van der Waals surface area contributed by atoms with Crippen LogP contribution in [0.3, 0.4) is 0 Å². The summed E-state index contributed by atoms with van der Waals surface area (Å²) in [7, 11) is -1.57. The van der Waals surface area contributed by atoms with Gasteiger partial charge in [0, 0.05) is 19.1 Å². The molecule has 1 aliphatic heterocycles. The molecule has 0 radical (unpaired) electrons. The van der Waals surface area contributed by atoms with E-state index in [-0.39, 0.29) is 5.92 Å². The number of anilines is 3. The first-order valence-electron chi connectivity index (χ1n) is 12.3. The fourth-order valence-electron chi connectivity index (χ4n) is 5.14.